The summed E-state index contributed by atoms with van der Waals surface area (Å²) in [5, 5.41) is 15.3. The van der Waals surface area contributed by atoms with Gasteiger partial charge in [-0.15, -0.1) is 5.10 Å². The fourth-order valence-electron chi connectivity index (χ4n) is 2.99. The normalized spacial score (nSPS) is 11.2. The Morgan fingerprint density at radius 2 is 1.84 bits per heavy atom. The number of aromatic nitrogens is 4. The second-order valence-electron chi connectivity index (χ2n) is 6.69. The van der Waals surface area contributed by atoms with Crippen LogP contribution in [0.3, 0.4) is 0 Å². The van der Waals surface area contributed by atoms with Gasteiger partial charge in [0, 0.05) is 5.56 Å². The lowest BCUT2D eigenvalue weighted by Gasteiger charge is -2.11. The van der Waals surface area contributed by atoms with Crippen LogP contribution in [0.2, 0.25) is 0 Å². The Labute approximate surface area is 179 Å². The van der Waals surface area contributed by atoms with Gasteiger partial charge in [-0.3, -0.25) is 4.79 Å². The molecule has 1 N–H and O–H groups in total. The van der Waals surface area contributed by atoms with E-state index >= 15 is 0 Å². The smallest absolute Gasteiger partial charge is 0.277 e. The van der Waals surface area contributed by atoms with Crippen molar-refractivity contribution in [1.82, 2.24) is 25.6 Å². The Hall–Kier alpha value is -4.33. The van der Waals surface area contributed by atoms with Crippen LogP contribution in [0.15, 0.2) is 90.3 Å². The quantitative estimate of drug-likeness (QED) is 0.371. The molecule has 0 atom stereocenters. The first-order valence-corrected chi connectivity index (χ1v) is 9.65. The first-order chi connectivity index (χ1) is 15.2. The number of para-hydroxylation sites is 1. The fourth-order valence-corrected chi connectivity index (χ4v) is 2.99. The zero-order valence-electron chi connectivity index (χ0n) is 16.8. The molecule has 4 rings (SSSR count). The molecule has 8 heteroatoms. The second kappa shape index (κ2) is 9.45. The van der Waals surface area contributed by atoms with Crippen LogP contribution < -0.4 is 10.2 Å². The summed E-state index contributed by atoms with van der Waals surface area (Å²) in [6.45, 7) is 1.66. The maximum Gasteiger partial charge on any atom is 0.277 e. The van der Waals surface area contributed by atoms with Gasteiger partial charge in [0.05, 0.1) is 11.4 Å². The Morgan fingerprint density at radius 3 is 2.65 bits per heavy atom. The zero-order valence-corrected chi connectivity index (χ0v) is 16.8. The first-order valence-electron chi connectivity index (χ1n) is 9.65. The Balaban J connectivity index is 1.39. The summed E-state index contributed by atoms with van der Waals surface area (Å²) >= 11 is 0. The molecular weight excluding hydrogens is 392 g/mol. The molecule has 1 aromatic heterocycles. The van der Waals surface area contributed by atoms with Crippen molar-refractivity contribution in [3.05, 3.63) is 90.8 Å². The van der Waals surface area contributed by atoms with E-state index in [1.54, 1.807) is 4.68 Å². The van der Waals surface area contributed by atoms with Gasteiger partial charge in [-0.1, -0.05) is 60.7 Å². The number of nitrogens with zero attached hydrogens (tertiary/aromatic N) is 5. The lowest BCUT2D eigenvalue weighted by atomic mass is 10.1. The van der Waals surface area contributed by atoms with Crippen molar-refractivity contribution in [2.24, 2.45) is 5.10 Å². The molecular formula is C23H20N6O2. The molecule has 0 fully saturated rings. The van der Waals surface area contributed by atoms with Gasteiger partial charge in [0.15, 0.2) is 6.61 Å². The third kappa shape index (κ3) is 4.99. The van der Waals surface area contributed by atoms with E-state index in [1.807, 2.05) is 85.8 Å². The number of tetrazole rings is 1. The van der Waals surface area contributed by atoms with Crippen molar-refractivity contribution in [3.8, 4) is 22.6 Å². The van der Waals surface area contributed by atoms with E-state index in [2.05, 4.69) is 26.1 Å². The first kappa shape index (κ1) is 20.0. The molecule has 1 heterocycles. The van der Waals surface area contributed by atoms with Crippen molar-refractivity contribution in [1.29, 1.82) is 0 Å². The summed E-state index contributed by atoms with van der Waals surface area (Å²) in [5.74, 6) is 0.289. The standard InChI is InChI=1S/C23H20N6O2/c1-17(19-10-7-11-20(14-19)29-16-24-27-28-29)25-26-23(30)15-31-22-13-6-5-12-21(22)18-8-3-2-4-9-18/h2-14,16H,15H2,1H3,(H,26,30)/b25-17-. The topological polar surface area (TPSA) is 94.3 Å². The molecule has 8 nitrogen and oxygen atoms in total. The number of hydrogen-bond donors (Lipinski definition) is 1. The number of nitrogens with one attached hydrogen (secondary N) is 1. The average molecular weight is 412 g/mol. The van der Waals surface area contributed by atoms with Crippen molar-refractivity contribution in [2.75, 3.05) is 6.61 Å². The third-order valence-electron chi connectivity index (χ3n) is 4.56. The molecule has 154 valence electrons. The summed E-state index contributed by atoms with van der Waals surface area (Å²) < 4.78 is 7.30. The van der Waals surface area contributed by atoms with E-state index in [0.29, 0.717) is 11.5 Å². The van der Waals surface area contributed by atoms with Crippen molar-refractivity contribution in [3.63, 3.8) is 0 Å². The van der Waals surface area contributed by atoms with Gasteiger partial charge in [0.2, 0.25) is 0 Å². The highest BCUT2D eigenvalue weighted by molar-refractivity contribution is 5.99. The maximum atomic E-state index is 12.3. The molecule has 0 unspecified atom stereocenters. The summed E-state index contributed by atoms with van der Waals surface area (Å²) in [6.07, 6.45) is 1.51. The molecule has 0 spiro atoms. The third-order valence-corrected chi connectivity index (χ3v) is 4.56. The minimum Gasteiger partial charge on any atom is -0.483 e. The molecule has 3 aromatic carbocycles. The van der Waals surface area contributed by atoms with Crippen molar-refractivity contribution in [2.45, 2.75) is 6.92 Å². The van der Waals surface area contributed by atoms with E-state index in [0.717, 1.165) is 22.4 Å². The summed E-state index contributed by atoms with van der Waals surface area (Å²) in [6, 6.07) is 25.0. The minimum atomic E-state index is -0.348. The zero-order chi connectivity index (χ0) is 21.5. The molecule has 4 aromatic rings. The van der Waals surface area contributed by atoms with E-state index in [9.17, 15) is 4.79 Å². The molecule has 0 aliphatic heterocycles. The van der Waals surface area contributed by atoms with Gasteiger partial charge in [-0.05, 0) is 46.7 Å². The Morgan fingerprint density at radius 1 is 1.03 bits per heavy atom. The van der Waals surface area contributed by atoms with Crippen LogP contribution in [0, 0.1) is 0 Å². The number of benzene rings is 3. The SMILES string of the molecule is C/C(=N/NC(=O)COc1ccccc1-c1ccccc1)c1cccc(-n2cnnn2)c1. The highest BCUT2D eigenvalue weighted by Gasteiger charge is 2.08. The highest BCUT2D eigenvalue weighted by atomic mass is 16.5. The molecule has 0 saturated heterocycles. The number of hydrazone groups is 1. The van der Waals surface area contributed by atoms with Crippen LogP contribution in [-0.2, 0) is 4.79 Å². The monoisotopic (exact) mass is 412 g/mol. The van der Waals surface area contributed by atoms with Crippen LogP contribution >= 0.6 is 0 Å². The molecule has 0 bridgehead atoms. The molecule has 1 amide bonds. The Kier molecular flexibility index (Phi) is 6.08. The lowest BCUT2D eigenvalue weighted by Crippen LogP contribution is -2.25. The predicted molar refractivity (Wildman–Crippen MR) is 117 cm³/mol. The molecule has 31 heavy (non-hydrogen) atoms. The highest BCUT2D eigenvalue weighted by Crippen LogP contribution is 2.29. The van der Waals surface area contributed by atoms with Crippen molar-refractivity contribution < 1.29 is 9.53 Å². The predicted octanol–water partition coefficient (Wildman–Crippen LogP) is 3.25. The second-order valence-corrected chi connectivity index (χ2v) is 6.69. The van der Waals surface area contributed by atoms with E-state index in [-0.39, 0.29) is 12.5 Å². The molecule has 0 saturated carbocycles. The van der Waals surface area contributed by atoms with Gasteiger partial charge in [0.1, 0.15) is 12.1 Å². The Bertz CT molecular complexity index is 1190. The average Bonchev–Trinajstić information content (AvgIpc) is 3.37. The van der Waals surface area contributed by atoms with Crippen LogP contribution in [-0.4, -0.2) is 38.4 Å². The summed E-state index contributed by atoms with van der Waals surface area (Å²) in [5.41, 5.74) is 6.77. The van der Waals surface area contributed by atoms with Crippen LogP contribution in [0.1, 0.15) is 12.5 Å². The van der Waals surface area contributed by atoms with Gasteiger partial charge >= 0.3 is 0 Å². The van der Waals surface area contributed by atoms with Gasteiger partial charge in [0.25, 0.3) is 5.91 Å². The minimum absolute atomic E-state index is 0.148. The number of amides is 1. The van der Waals surface area contributed by atoms with Crippen LogP contribution in [0.25, 0.3) is 16.8 Å². The van der Waals surface area contributed by atoms with E-state index in [4.69, 9.17) is 4.74 Å². The lowest BCUT2D eigenvalue weighted by molar-refractivity contribution is -0.123. The summed E-state index contributed by atoms with van der Waals surface area (Å²) in [7, 11) is 0. The number of rotatable bonds is 7. The van der Waals surface area contributed by atoms with Gasteiger partial charge in [-0.2, -0.15) is 5.10 Å². The molecule has 0 aliphatic rings. The fraction of sp³-hybridized carbons (Fsp3) is 0.0870. The molecule has 0 aliphatic carbocycles. The van der Waals surface area contributed by atoms with Crippen LogP contribution in [0.4, 0.5) is 0 Å². The largest absolute Gasteiger partial charge is 0.483 e. The van der Waals surface area contributed by atoms with Gasteiger partial charge in [-0.25, -0.2) is 10.1 Å². The number of hydrogen-bond acceptors (Lipinski definition) is 6. The molecule has 0 radical (unpaired) electrons. The number of carbonyl (C=O) groups is 1. The number of ether oxygens (including phenoxy) is 1. The summed E-state index contributed by atoms with van der Waals surface area (Å²) in [4.78, 5) is 12.3. The van der Waals surface area contributed by atoms with E-state index in [1.165, 1.54) is 6.33 Å². The maximum absolute atomic E-state index is 12.3. The number of carbonyl (C=O) groups excluding carboxylic acids is 1. The van der Waals surface area contributed by atoms with Crippen molar-refractivity contribution >= 4 is 11.6 Å². The van der Waals surface area contributed by atoms with Crippen LogP contribution in [0.5, 0.6) is 5.75 Å². The van der Waals surface area contributed by atoms with E-state index < -0.39 is 0 Å². The van der Waals surface area contributed by atoms with Gasteiger partial charge < -0.3 is 4.74 Å².